The minimum absolute atomic E-state index is 0.0421. The number of aromatic nitrogens is 1. The van der Waals surface area contributed by atoms with Gasteiger partial charge in [-0.15, -0.1) is 0 Å². The number of rotatable bonds is 8. The maximum atomic E-state index is 13.0. The van der Waals surface area contributed by atoms with Gasteiger partial charge in [-0.1, -0.05) is 23.7 Å². The zero-order valence-electron chi connectivity index (χ0n) is 15.1. The molecule has 2 aromatic carbocycles. The fourth-order valence-corrected chi connectivity index (χ4v) is 2.99. The largest absolute Gasteiger partial charge is 0.487 e. The molecule has 3 rings (SSSR count). The number of benzene rings is 2. The van der Waals surface area contributed by atoms with Gasteiger partial charge in [-0.2, -0.15) is 22.0 Å². The van der Waals surface area contributed by atoms with Crippen molar-refractivity contribution in [2.24, 2.45) is 0 Å². The molecule has 29 heavy (non-hydrogen) atoms. The van der Waals surface area contributed by atoms with Crippen LogP contribution in [0, 0.1) is 0 Å². The molecule has 0 aliphatic rings. The number of alkyl halides is 5. The predicted molar refractivity (Wildman–Crippen MR) is 102 cm³/mol. The zero-order valence-corrected chi connectivity index (χ0v) is 15.9. The summed E-state index contributed by atoms with van der Waals surface area (Å²) >= 11 is 6.03. The molecule has 1 heterocycles. The first-order chi connectivity index (χ1) is 13.7. The SMILES string of the molecule is FC(F)(F)C(F)(F)COc1cccc(CNCCc2c[nH]c3ccc(Cl)cc23)c1. The first-order valence-electron chi connectivity index (χ1n) is 8.78. The van der Waals surface area contributed by atoms with Gasteiger partial charge in [0.25, 0.3) is 0 Å². The van der Waals surface area contributed by atoms with Crippen LogP contribution in [0.25, 0.3) is 10.9 Å². The molecule has 0 aliphatic carbocycles. The van der Waals surface area contributed by atoms with Crippen molar-refractivity contribution in [2.45, 2.75) is 25.1 Å². The van der Waals surface area contributed by atoms with Gasteiger partial charge < -0.3 is 15.0 Å². The summed E-state index contributed by atoms with van der Waals surface area (Å²) in [5.74, 6) is -4.94. The molecule has 0 saturated heterocycles. The van der Waals surface area contributed by atoms with Crippen molar-refractivity contribution >= 4 is 22.5 Å². The van der Waals surface area contributed by atoms with Crippen LogP contribution in [-0.4, -0.2) is 30.2 Å². The van der Waals surface area contributed by atoms with Crippen LogP contribution in [0.2, 0.25) is 5.02 Å². The third-order valence-electron chi connectivity index (χ3n) is 4.36. The summed E-state index contributed by atoms with van der Waals surface area (Å²) in [6.45, 7) is -0.705. The third kappa shape index (κ3) is 5.39. The van der Waals surface area contributed by atoms with Crippen molar-refractivity contribution in [1.82, 2.24) is 10.3 Å². The molecule has 1 aromatic heterocycles. The van der Waals surface area contributed by atoms with E-state index in [1.54, 1.807) is 12.1 Å². The molecule has 0 aliphatic heterocycles. The van der Waals surface area contributed by atoms with Crippen molar-refractivity contribution < 1.29 is 26.7 Å². The molecule has 0 bridgehead atoms. The molecule has 9 heteroatoms. The molecule has 0 atom stereocenters. The number of hydrogen-bond acceptors (Lipinski definition) is 2. The number of nitrogens with one attached hydrogen (secondary N) is 2. The highest BCUT2D eigenvalue weighted by atomic mass is 35.5. The molecule has 156 valence electrons. The average molecular weight is 433 g/mol. The first-order valence-corrected chi connectivity index (χ1v) is 9.16. The first kappa shape index (κ1) is 21.4. The Hall–Kier alpha value is -2.32. The Morgan fingerprint density at radius 2 is 1.83 bits per heavy atom. The highest BCUT2D eigenvalue weighted by Gasteiger charge is 2.58. The lowest BCUT2D eigenvalue weighted by molar-refractivity contribution is -0.290. The molecular weight excluding hydrogens is 415 g/mol. The predicted octanol–water partition coefficient (Wildman–Crippen LogP) is 5.73. The van der Waals surface area contributed by atoms with E-state index in [1.807, 2.05) is 24.4 Å². The van der Waals surface area contributed by atoms with E-state index < -0.39 is 18.7 Å². The normalized spacial score (nSPS) is 12.5. The van der Waals surface area contributed by atoms with Crippen molar-refractivity contribution in [2.75, 3.05) is 13.2 Å². The van der Waals surface area contributed by atoms with Crippen molar-refractivity contribution in [3.8, 4) is 5.75 Å². The van der Waals surface area contributed by atoms with Crippen molar-refractivity contribution in [3.63, 3.8) is 0 Å². The Kier molecular flexibility index (Phi) is 6.33. The molecule has 0 radical (unpaired) electrons. The van der Waals surface area contributed by atoms with Gasteiger partial charge in [0.1, 0.15) is 5.75 Å². The Labute approximate surface area is 168 Å². The Morgan fingerprint density at radius 1 is 1.03 bits per heavy atom. The van der Waals surface area contributed by atoms with E-state index in [9.17, 15) is 22.0 Å². The molecule has 0 unspecified atom stereocenters. The lowest BCUT2D eigenvalue weighted by atomic mass is 10.1. The number of ether oxygens (including phenoxy) is 1. The second-order valence-electron chi connectivity index (χ2n) is 6.57. The van der Waals surface area contributed by atoms with E-state index in [-0.39, 0.29) is 5.75 Å². The molecule has 0 amide bonds. The van der Waals surface area contributed by atoms with E-state index in [0.29, 0.717) is 23.7 Å². The van der Waals surface area contributed by atoms with E-state index >= 15 is 0 Å². The standard InChI is InChI=1S/C20H18ClF5N2O/c21-15-4-5-18-17(9-15)14(11-28-18)6-7-27-10-13-2-1-3-16(8-13)29-12-19(22,23)20(24,25)26/h1-5,8-9,11,27-28H,6-7,10,12H2. The molecule has 3 nitrogen and oxygen atoms in total. The highest BCUT2D eigenvalue weighted by molar-refractivity contribution is 6.31. The highest BCUT2D eigenvalue weighted by Crippen LogP contribution is 2.35. The average Bonchev–Trinajstić information content (AvgIpc) is 3.05. The third-order valence-corrected chi connectivity index (χ3v) is 4.60. The fraction of sp³-hybridized carbons (Fsp3) is 0.300. The van der Waals surface area contributed by atoms with Crippen LogP contribution in [0.15, 0.2) is 48.7 Å². The van der Waals surface area contributed by atoms with Crippen LogP contribution in [0.5, 0.6) is 5.75 Å². The molecule has 2 N–H and O–H groups in total. The zero-order chi connectivity index (χ0) is 21.1. The maximum Gasteiger partial charge on any atom is 0.456 e. The number of H-pyrrole nitrogens is 1. The summed E-state index contributed by atoms with van der Waals surface area (Å²) in [5.41, 5.74) is 2.80. The minimum atomic E-state index is -5.64. The van der Waals surface area contributed by atoms with Crippen LogP contribution in [0.4, 0.5) is 22.0 Å². The summed E-state index contributed by atoms with van der Waals surface area (Å²) in [4.78, 5) is 3.17. The molecule has 3 aromatic rings. The van der Waals surface area contributed by atoms with Gasteiger partial charge in [0.2, 0.25) is 0 Å². The van der Waals surface area contributed by atoms with Crippen LogP contribution in [-0.2, 0) is 13.0 Å². The number of hydrogen-bond donors (Lipinski definition) is 2. The van der Waals surface area contributed by atoms with Gasteiger partial charge in [-0.25, -0.2) is 0 Å². The quantitative estimate of drug-likeness (QED) is 0.352. The second kappa shape index (κ2) is 8.59. The fourth-order valence-electron chi connectivity index (χ4n) is 2.81. The van der Waals surface area contributed by atoms with E-state index in [1.165, 1.54) is 12.1 Å². The summed E-state index contributed by atoms with van der Waals surface area (Å²) in [6, 6.07) is 11.6. The van der Waals surface area contributed by atoms with Gasteiger partial charge in [-0.3, -0.25) is 0 Å². The Morgan fingerprint density at radius 3 is 2.59 bits per heavy atom. The van der Waals surface area contributed by atoms with Gasteiger partial charge >= 0.3 is 12.1 Å². The maximum absolute atomic E-state index is 13.0. The lowest BCUT2D eigenvalue weighted by Gasteiger charge is -2.20. The van der Waals surface area contributed by atoms with Crippen molar-refractivity contribution in [1.29, 1.82) is 0 Å². The van der Waals surface area contributed by atoms with Gasteiger partial charge in [0.15, 0.2) is 6.61 Å². The molecule has 0 saturated carbocycles. The topological polar surface area (TPSA) is 37.0 Å². The van der Waals surface area contributed by atoms with Gasteiger partial charge in [-0.05, 0) is 54.4 Å². The van der Waals surface area contributed by atoms with Gasteiger partial charge in [0.05, 0.1) is 0 Å². The monoisotopic (exact) mass is 432 g/mol. The molecule has 0 fully saturated rings. The summed E-state index contributed by atoms with van der Waals surface area (Å²) in [7, 11) is 0. The summed E-state index contributed by atoms with van der Waals surface area (Å²) in [6.07, 6.45) is -2.99. The smallest absolute Gasteiger partial charge is 0.456 e. The Balaban J connectivity index is 1.51. The van der Waals surface area contributed by atoms with Crippen LogP contribution in [0.3, 0.4) is 0 Å². The number of halogens is 6. The molecular formula is C20H18ClF5N2O. The number of aromatic amines is 1. The number of fused-ring (bicyclic) bond motifs is 1. The van der Waals surface area contributed by atoms with E-state index in [4.69, 9.17) is 11.6 Å². The van der Waals surface area contributed by atoms with E-state index in [2.05, 4.69) is 15.0 Å². The van der Waals surface area contributed by atoms with Crippen LogP contribution in [0.1, 0.15) is 11.1 Å². The summed E-state index contributed by atoms with van der Waals surface area (Å²) in [5, 5.41) is 4.91. The second-order valence-corrected chi connectivity index (χ2v) is 7.01. The minimum Gasteiger partial charge on any atom is -0.487 e. The molecule has 0 spiro atoms. The van der Waals surface area contributed by atoms with Crippen molar-refractivity contribution in [3.05, 3.63) is 64.8 Å². The lowest BCUT2D eigenvalue weighted by Crippen LogP contribution is -2.41. The van der Waals surface area contributed by atoms with Crippen LogP contribution >= 0.6 is 11.6 Å². The summed E-state index contributed by atoms with van der Waals surface area (Å²) < 4.78 is 67.2. The van der Waals surface area contributed by atoms with E-state index in [0.717, 1.165) is 22.9 Å². The van der Waals surface area contributed by atoms with Crippen LogP contribution < -0.4 is 10.1 Å². The van der Waals surface area contributed by atoms with Gasteiger partial charge in [0, 0.05) is 28.7 Å². The Bertz CT molecular complexity index is 971.